The molecular weight excluding hydrogens is 215 g/mol. The van der Waals surface area contributed by atoms with Crippen molar-refractivity contribution in [2.45, 2.75) is 13.8 Å². The van der Waals surface area contributed by atoms with Crippen molar-refractivity contribution < 1.29 is 23.8 Å². The van der Waals surface area contributed by atoms with E-state index in [1.54, 1.807) is 6.92 Å². The van der Waals surface area contributed by atoms with Crippen molar-refractivity contribution in [1.29, 1.82) is 0 Å². The molecule has 0 atom stereocenters. The number of ether oxygens (including phenoxy) is 1. The van der Waals surface area contributed by atoms with Gasteiger partial charge in [-0.3, -0.25) is 4.79 Å². The van der Waals surface area contributed by atoms with Crippen LogP contribution in [0.25, 0.3) is 0 Å². The molecule has 0 aromatic heterocycles. The zero-order valence-corrected chi connectivity index (χ0v) is 8.91. The van der Waals surface area contributed by atoms with Gasteiger partial charge >= 0.3 is 5.97 Å². The summed E-state index contributed by atoms with van der Waals surface area (Å²) in [7, 11) is 0. The molecule has 1 N–H and O–H groups in total. The van der Waals surface area contributed by atoms with E-state index in [0.29, 0.717) is 5.56 Å². The van der Waals surface area contributed by atoms with Crippen LogP contribution in [-0.4, -0.2) is 23.5 Å². The van der Waals surface area contributed by atoms with Crippen molar-refractivity contribution in [2.24, 2.45) is 0 Å². The molecule has 86 valence electrons. The fraction of sp³-hybridized carbons (Fsp3) is 0.273. The van der Waals surface area contributed by atoms with Crippen molar-refractivity contribution in [3.63, 3.8) is 0 Å². The molecule has 0 aliphatic carbocycles. The van der Waals surface area contributed by atoms with Gasteiger partial charge in [0.1, 0.15) is 0 Å². The van der Waals surface area contributed by atoms with Gasteiger partial charge in [-0.25, -0.2) is 9.18 Å². The van der Waals surface area contributed by atoms with Gasteiger partial charge in [0.05, 0.1) is 12.2 Å². The molecule has 1 aromatic carbocycles. The first-order chi connectivity index (χ1) is 7.47. The van der Waals surface area contributed by atoms with E-state index < -0.39 is 28.9 Å². The van der Waals surface area contributed by atoms with Gasteiger partial charge in [-0.2, -0.15) is 0 Å². The van der Waals surface area contributed by atoms with Gasteiger partial charge in [0.2, 0.25) is 0 Å². The molecule has 0 saturated heterocycles. The Hall–Kier alpha value is -1.91. The average molecular weight is 226 g/mol. The zero-order chi connectivity index (χ0) is 12.3. The molecule has 4 nitrogen and oxygen atoms in total. The maximum atomic E-state index is 13.4. The fourth-order valence-corrected chi connectivity index (χ4v) is 1.22. The third-order valence-electron chi connectivity index (χ3n) is 1.90. The molecule has 0 amide bonds. The van der Waals surface area contributed by atoms with Crippen LogP contribution < -0.4 is 0 Å². The molecule has 0 unspecified atom stereocenters. The highest BCUT2D eigenvalue weighted by atomic mass is 19.1. The van der Waals surface area contributed by atoms with Gasteiger partial charge < -0.3 is 9.84 Å². The van der Waals surface area contributed by atoms with Gasteiger partial charge in [-0.15, -0.1) is 0 Å². The van der Waals surface area contributed by atoms with Gasteiger partial charge in [-0.1, -0.05) is 0 Å². The van der Waals surface area contributed by atoms with E-state index in [2.05, 4.69) is 4.74 Å². The highest BCUT2D eigenvalue weighted by Crippen LogP contribution is 2.22. The summed E-state index contributed by atoms with van der Waals surface area (Å²) in [6.45, 7) is 3.14. The summed E-state index contributed by atoms with van der Waals surface area (Å²) in [5, 5.41) is 9.16. The Labute approximate surface area is 91.7 Å². The largest absolute Gasteiger partial charge is 0.505 e. The fourth-order valence-electron chi connectivity index (χ4n) is 1.22. The Kier molecular flexibility index (Phi) is 3.60. The number of benzene rings is 1. The van der Waals surface area contributed by atoms with E-state index in [1.807, 2.05) is 0 Å². The Bertz CT molecular complexity index is 440. The van der Waals surface area contributed by atoms with Gasteiger partial charge in [-0.05, 0) is 31.5 Å². The molecule has 5 heteroatoms. The third-order valence-corrected chi connectivity index (χ3v) is 1.90. The topological polar surface area (TPSA) is 63.6 Å². The van der Waals surface area contributed by atoms with Crippen molar-refractivity contribution in [3.8, 4) is 5.75 Å². The quantitative estimate of drug-likeness (QED) is 0.483. The predicted octanol–water partition coefficient (Wildman–Crippen LogP) is 1.59. The molecule has 0 radical (unpaired) electrons. The lowest BCUT2D eigenvalue weighted by atomic mass is 10.1. The standard InChI is InChI=1S/C11H11FO4/c1-3-16-11(15)10(14)7-4-6(2)5-8(13)9(7)12/h4-5,13H,3H2,1-2H3. The number of ketones is 1. The van der Waals surface area contributed by atoms with Crippen LogP contribution in [0, 0.1) is 12.7 Å². The second-order valence-electron chi connectivity index (χ2n) is 3.20. The highest BCUT2D eigenvalue weighted by molar-refractivity contribution is 6.40. The monoisotopic (exact) mass is 226 g/mol. The van der Waals surface area contributed by atoms with E-state index in [9.17, 15) is 14.0 Å². The van der Waals surface area contributed by atoms with Gasteiger partial charge in [0.25, 0.3) is 5.78 Å². The van der Waals surface area contributed by atoms with Crippen LogP contribution in [0.4, 0.5) is 4.39 Å². The second kappa shape index (κ2) is 4.74. The Balaban J connectivity index is 3.13. The normalized spacial score (nSPS) is 9.94. The van der Waals surface area contributed by atoms with Crippen LogP contribution >= 0.6 is 0 Å². The second-order valence-corrected chi connectivity index (χ2v) is 3.20. The van der Waals surface area contributed by atoms with Gasteiger partial charge in [0.15, 0.2) is 11.6 Å². The number of aryl methyl sites for hydroxylation is 1. The van der Waals surface area contributed by atoms with Crippen LogP contribution in [0.2, 0.25) is 0 Å². The van der Waals surface area contributed by atoms with E-state index in [-0.39, 0.29) is 6.61 Å². The van der Waals surface area contributed by atoms with Crippen molar-refractivity contribution >= 4 is 11.8 Å². The molecule has 0 spiro atoms. The molecule has 0 saturated carbocycles. The van der Waals surface area contributed by atoms with Crippen LogP contribution in [0.15, 0.2) is 12.1 Å². The predicted molar refractivity (Wildman–Crippen MR) is 53.8 cm³/mol. The number of esters is 1. The summed E-state index contributed by atoms with van der Waals surface area (Å²) in [5.41, 5.74) is 0.00231. The molecule has 0 fully saturated rings. The number of phenols is 1. The van der Waals surface area contributed by atoms with E-state index in [4.69, 9.17) is 5.11 Å². The maximum absolute atomic E-state index is 13.4. The zero-order valence-electron chi connectivity index (χ0n) is 8.91. The number of rotatable bonds is 3. The minimum atomic E-state index is -1.13. The number of phenolic OH excluding ortho intramolecular Hbond substituents is 1. The smallest absolute Gasteiger partial charge is 0.379 e. The number of carbonyl (C=O) groups excluding carboxylic acids is 2. The molecule has 1 rings (SSSR count). The summed E-state index contributed by atoms with van der Waals surface area (Å²) in [4.78, 5) is 22.5. The SMILES string of the molecule is CCOC(=O)C(=O)c1cc(C)cc(O)c1F. The number of Topliss-reactive ketones (excluding diaryl/α,β-unsaturated/α-hetero) is 1. The van der Waals surface area contributed by atoms with Crippen LogP contribution in [0.5, 0.6) is 5.75 Å². The lowest BCUT2D eigenvalue weighted by molar-refractivity contribution is -0.137. The first-order valence-electron chi connectivity index (χ1n) is 4.68. The summed E-state index contributed by atoms with van der Waals surface area (Å²) in [6, 6.07) is 2.35. The highest BCUT2D eigenvalue weighted by Gasteiger charge is 2.23. The number of hydrogen-bond acceptors (Lipinski definition) is 4. The number of carbonyl (C=O) groups is 2. The molecule has 16 heavy (non-hydrogen) atoms. The van der Waals surface area contributed by atoms with E-state index in [0.717, 1.165) is 6.07 Å². The molecular formula is C11H11FO4. The summed E-state index contributed by atoms with van der Waals surface area (Å²) in [5.74, 6) is -4.00. The summed E-state index contributed by atoms with van der Waals surface area (Å²) < 4.78 is 17.8. The molecule has 0 heterocycles. The van der Waals surface area contributed by atoms with Crippen LogP contribution in [-0.2, 0) is 9.53 Å². The number of hydrogen-bond donors (Lipinski definition) is 1. The first kappa shape index (κ1) is 12.2. The van der Waals surface area contributed by atoms with Crippen molar-refractivity contribution in [3.05, 3.63) is 29.1 Å². The molecule has 1 aromatic rings. The van der Waals surface area contributed by atoms with E-state index >= 15 is 0 Å². The van der Waals surface area contributed by atoms with Crippen molar-refractivity contribution in [2.75, 3.05) is 6.61 Å². The minimum Gasteiger partial charge on any atom is -0.505 e. The minimum absolute atomic E-state index is 0.0317. The maximum Gasteiger partial charge on any atom is 0.379 e. The summed E-state index contributed by atoms with van der Waals surface area (Å²) in [6.07, 6.45) is 0. The molecule has 0 aliphatic heterocycles. The van der Waals surface area contributed by atoms with Crippen molar-refractivity contribution in [1.82, 2.24) is 0 Å². The first-order valence-corrected chi connectivity index (χ1v) is 4.68. The van der Waals surface area contributed by atoms with E-state index in [1.165, 1.54) is 13.0 Å². The Morgan fingerprint density at radius 3 is 2.62 bits per heavy atom. The Morgan fingerprint density at radius 2 is 2.06 bits per heavy atom. The molecule has 0 aliphatic rings. The Morgan fingerprint density at radius 1 is 1.44 bits per heavy atom. The summed E-state index contributed by atoms with van der Waals surface area (Å²) >= 11 is 0. The third kappa shape index (κ3) is 2.36. The van der Waals surface area contributed by atoms with Gasteiger partial charge in [0, 0.05) is 0 Å². The number of halogens is 1. The average Bonchev–Trinajstić information content (AvgIpc) is 2.22. The molecule has 0 bridgehead atoms. The number of aromatic hydroxyl groups is 1. The lowest BCUT2D eigenvalue weighted by Gasteiger charge is -2.05. The van der Waals surface area contributed by atoms with Crippen LogP contribution in [0.1, 0.15) is 22.8 Å². The lowest BCUT2D eigenvalue weighted by Crippen LogP contribution is -2.19. The van der Waals surface area contributed by atoms with Crippen LogP contribution in [0.3, 0.4) is 0 Å².